The Hall–Kier alpha value is -2.81. The van der Waals surface area contributed by atoms with Crippen molar-refractivity contribution in [3.05, 3.63) is 56.7 Å². The molecule has 0 saturated carbocycles. The van der Waals surface area contributed by atoms with E-state index in [1.165, 1.54) is 23.4 Å². The zero-order valence-corrected chi connectivity index (χ0v) is 18.9. The van der Waals surface area contributed by atoms with E-state index < -0.39 is 5.69 Å². The number of imidazole rings is 1. The Labute approximate surface area is 184 Å². The van der Waals surface area contributed by atoms with E-state index in [9.17, 15) is 14.4 Å². The average molecular weight is 442 g/mol. The Balaban J connectivity index is 1.71. The lowest BCUT2D eigenvalue weighted by Gasteiger charge is -2.30. The zero-order valence-electron chi connectivity index (χ0n) is 18.1. The fourth-order valence-electron chi connectivity index (χ4n) is 4.08. The van der Waals surface area contributed by atoms with Crippen LogP contribution in [0.4, 0.5) is 0 Å². The third kappa shape index (κ3) is 4.19. The minimum atomic E-state index is -0.420. The second kappa shape index (κ2) is 8.74. The highest BCUT2D eigenvalue weighted by Gasteiger charge is 2.23. The van der Waals surface area contributed by atoms with Crippen LogP contribution >= 0.6 is 11.8 Å². The van der Waals surface area contributed by atoms with E-state index in [4.69, 9.17) is 0 Å². The molecule has 0 unspecified atom stereocenters. The summed E-state index contributed by atoms with van der Waals surface area (Å²) >= 11 is 1.32. The van der Waals surface area contributed by atoms with Crippen LogP contribution in [0, 0.1) is 5.92 Å². The molecular weight excluding hydrogens is 414 g/mol. The standard InChI is InChI=1S/C22H27N5O3S/c1-15-8-7-11-26(12-15)17(28)14-31-21-23-19-18(20(29)25(3)22(30)24(19)2)27(21)13-16-9-5-4-6-10-16/h4-6,9-10,15H,7-8,11-14H2,1-3H3/t15-/m1/s1. The number of aromatic nitrogens is 4. The summed E-state index contributed by atoms with van der Waals surface area (Å²) in [5.74, 6) is 0.846. The molecule has 0 N–H and O–H groups in total. The molecule has 2 aromatic heterocycles. The molecule has 8 nitrogen and oxygen atoms in total. The monoisotopic (exact) mass is 441 g/mol. The number of rotatable bonds is 5. The van der Waals surface area contributed by atoms with Gasteiger partial charge in [-0.1, -0.05) is 49.0 Å². The van der Waals surface area contributed by atoms with Gasteiger partial charge in [-0.15, -0.1) is 0 Å². The Kier molecular flexibility index (Phi) is 6.04. The molecule has 1 aliphatic heterocycles. The minimum Gasteiger partial charge on any atom is -0.342 e. The predicted molar refractivity (Wildman–Crippen MR) is 121 cm³/mol. The normalized spacial score (nSPS) is 16.7. The molecule has 3 heterocycles. The van der Waals surface area contributed by atoms with Gasteiger partial charge in [0, 0.05) is 27.2 Å². The smallest absolute Gasteiger partial charge is 0.332 e. The Morgan fingerprint density at radius 3 is 2.61 bits per heavy atom. The van der Waals surface area contributed by atoms with Crippen molar-refractivity contribution in [3.63, 3.8) is 0 Å². The maximum Gasteiger partial charge on any atom is 0.332 e. The van der Waals surface area contributed by atoms with Gasteiger partial charge in [0.1, 0.15) is 0 Å². The number of amides is 1. The lowest BCUT2D eigenvalue weighted by molar-refractivity contribution is -0.130. The largest absolute Gasteiger partial charge is 0.342 e. The summed E-state index contributed by atoms with van der Waals surface area (Å²) in [6.07, 6.45) is 2.18. The Morgan fingerprint density at radius 1 is 1.16 bits per heavy atom. The number of carbonyl (C=O) groups is 1. The number of fused-ring (bicyclic) bond motifs is 1. The molecule has 0 bridgehead atoms. The molecule has 4 rings (SSSR count). The van der Waals surface area contributed by atoms with E-state index in [0.29, 0.717) is 28.8 Å². The number of hydrogen-bond acceptors (Lipinski definition) is 5. The van der Waals surface area contributed by atoms with Crippen LogP contribution in [0.1, 0.15) is 25.3 Å². The van der Waals surface area contributed by atoms with Gasteiger partial charge in [0.25, 0.3) is 5.56 Å². The number of piperidine rings is 1. The van der Waals surface area contributed by atoms with E-state index in [0.717, 1.165) is 36.1 Å². The van der Waals surface area contributed by atoms with E-state index in [2.05, 4.69) is 11.9 Å². The van der Waals surface area contributed by atoms with Gasteiger partial charge in [-0.2, -0.15) is 0 Å². The molecule has 164 valence electrons. The summed E-state index contributed by atoms with van der Waals surface area (Å²) in [6.45, 7) is 4.18. The fraction of sp³-hybridized carbons (Fsp3) is 0.455. The number of hydrogen-bond donors (Lipinski definition) is 0. The molecule has 0 radical (unpaired) electrons. The van der Waals surface area contributed by atoms with Crippen molar-refractivity contribution in [2.45, 2.75) is 31.5 Å². The first-order chi connectivity index (χ1) is 14.9. The molecule has 3 aromatic rings. The Bertz CT molecular complexity index is 1230. The summed E-state index contributed by atoms with van der Waals surface area (Å²) in [5, 5.41) is 0.565. The van der Waals surface area contributed by atoms with Crippen LogP contribution in [0.15, 0.2) is 45.1 Å². The molecule has 31 heavy (non-hydrogen) atoms. The first kappa shape index (κ1) is 21.4. The van der Waals surface area contributed by atoms with Gasteiger partial charge in [-0.3, -0.25) is 18.7 Å². The highest BCUT2D eigenvalue weighted by atomic mass is 32.2. The van der Waals surface area contributed by atoms with E-state index in [1.807, 2.05) is 39.8 Å². The third-order valence-corrected chi connectivity index (χ3v) is 6.79. The van der Waals surface area contributed by atoms with Gasteiger partial charge >= 0.3 is 5.69 Å². The zero-order chi connectivity index (χ0) is 22.1. The van der Waals surface area contributed by atoms with Crippen molar-refractivity contribution in [2.75, 3.05) is 18.8 Å². The van der Waals surface area contributed by atoms with Crippen molar-refractivity contribution >= 4 is 28.8 Å². The van der Waals surface area contributed by atoms with Gasteiger partial charge in [0.2, 0.25) is 5.91 Å². The number of thioether (sulfide) groups is 1. The van der Waals surface area contributed by atoms with E-state index in [-0.39, 0.29) is 17.2 Å². The number of aryl methyl sites for hydroxylation is 1. The van der Waals surface area contributed by atoms with Crippen LogP contribution in [0.2, 0.25) is 0 Å². The second-order valence-corrected chi connectivity index (χ2v) is 9.16. The average Bonchev–Trinajstić information content (AvgIpc) is 3.13. The first-order valence-electron chi connectivity index (χ1n) is 10.5. The first-order valence-corrected chi connectivity index (χ1v) is 11.5. The Morgan fingerprint density at radius 2 is 1.90 bits per heavy atom. The maximum atomic E-state index is 13.0. The second-order valence-electron chi connectivity index (χ2n) is 8.22. The fourth-order valence-corrected chi connectivity index (χ4v) is 4.98. The molecule has 9 heteroatoms. The summed E-state index contributed by atoms with van der Waals surface area (Å²) < 4.78 is 4.31. The highest BCUT2D eigenvalue weighted by molar-refractivity contribution is 7.99. The van der Waals surface area contributed by atoms with Gasteiger partial charge < -0.3 is 9.47 Å². The van der Waals surface area contributed by atoms with Crippen molar-refractivity contribution in [3.8, 4) is 0 Å². The van der Waals surface area contributed by atoms with Gasteiger partial charge in [0.05, 0.1) is 12.3 Å². The van der Waals surface area contributed by atoms with Gasteiger partial charge in [0.15, 0.2) is 16.3 Å². The minimum absolute atomic E-state index is 0.0802. The van der Waals surface area contributed by atoms with Crippen LogP contribution in [0.5, 0.6) is 0 Å². The van der Waals surface area contributed by atoms with Gasteiger partial charge in [-0.05, 0) is 24.3 Å². The molecule has 0 aliphatic carbocycles. The molecule has 1 fully saturated rings. The van der Waals surface area contributed by atoms with Crippen molar-refractivity contribution in [2.24, 2.45) is 20.0 Å². The van der Waals surface area contributed by atoms with Crippen molar-refractivity contribution < 1.29 is 4.79 Å². The van der Waals surface area contributed by atoms with Crippen LogP contribution < -0.4 is 11.2 Å². The third-order valence-electron chi connectivity index (χ3n) is 5.83. The maximum absolute atomic E-state index is 13.0. The molecule has 1 amide bonds. The van der Waals surface area contributed by atoms with Crippen LogP contribution in [0.25, 0.3) is 11.2 Å². The topological polar surface area (TPSA) is 82.1 Å². The lowest BCUT2D eigenvalue weighted by atomic mass is 10.0. The predicted octanol–water partition coefficient (Wildman–Crippen LogP) is 1.83. The summed E-state index contributed by atoms with van der Waals surface area (Å²) in [5.41, 5.74) is 0.915. The van der Waals surface area contributed by atoms with Crippen LogP contribution in [-0.4, -0.2) is 48.3 Å². The van der Waals surface area contributed by atoms with Crippen molar-refractivity contribution in [1.82, 2.24) is 23.6 Å². The molecule has 1 aliphatic rings. The summed E-state index contributed by atoms with van der Waals surface area (Å²) in [4.78, 5) is 44.7. The summed E-state index contributed by atoms with van der Waals surface area (Å²) in [6, 6.07) is 9.78. The molecule has 0 spiro atoms. The number of likely N-dealkylation sites (tertiary alicyclic amines) is 1. The molecule has 1 atom stereocenters. The molecule has 1 saturated heterocycles. The SMILES string of the molecule is C[C@@H]1CCCN(C(=O)CSc2nc3c(c(=O)n(C)c(=O)n3C)n2Cc2ccccc2)C1. The van der Waals surface area contributed by atoms with Crippen LogP contribution in [-0.2, 0) is 25.4 Å². The lowest BCUT2D eigenvalue weighted by Crippen LogP contribution is -2.40. The number of carbonyl (C=O) groups excluding carboxylic acids is 1. The number of benzene rings is 1. The molecule has 1 aromatic carbocycles. The number of nitrogens with zero attached hydrogens (tertiary/aromatic N) is 5. The van der Waals surface area contributed by atoms with Crippen molar-refractivity contribution in [1.29, 1.82) is 0 Å². The quantitative estimate of drug-likeness (QED) is 0.564. The van der Waals surface area contributed by atoms with E-state index >= 15 is 0 Å². The van der Waals surface area contributed by atoms with Gasteiger partial charge in [-0.25, -0.2) is 9.78 Å². The molecular formula is C22H27N5O3S. The van der Waals surface area contributed by atoms with E-state index in [1.54, 1.807) is 7.05 Å². The summed E-state index contributed by atoms with van der Waals surface area (Å²) in [7, 11) is 3.08. The van der Waals surface area contributed by atoms with Crippen LogP contribution in [0.3, 0.4) is 0 Å². The highest BCUT2D eigenvalue weighted by Crippen LogP contribution is 2.24.